The number of halogens is 1. The van der Waals surface area contributed by atoms with Gasteiger partial charge < -0.3 is 0 Å². The molecule has 1 unspecified atom stereocenters. The number of benzene rings is 2. The molecule has 1 aliphatic rings. The molecule has 1 atom stereocenters. The lowest BCUT2D eigenvalue weighted by Crippen LogP contribution is -2.36. The molecule has 1 N–H and O–H groups in total. The van der Waals surface area contributed by atoms with Crippen LogP contribution in [0.25, 0.3) is 0 Å². The molecule has 0 aliphatic heterocycles. The molecule has 0 saturated heterocycles. The summed E-state index contributed by atoms with van der Waals surface area (Å²) >= 11 is 5.98. The van der Waals surface area contributed by atoms with Crippen molar-refractivity contribution >= 4 is 23.1 Å². The van der Waals surface area contributed by atoms with Gasteiger partial charge in [-0.25, -0.2) is 4.68 Å². The molecule has 0 spiro atoms. The van der Waals surface area contributed by atoms with E-state index in [0.717, 1.165) is 5.56 Å². The predicted octanol–water partition coefficient (Wildman–Crippen LogP) is 4.16. The normalized spacial score (nSPS) is 15.6. The van der Waals surface area contributed by atoms with Crippen molar-refractivity contribution in [2.75, 3.05) is 5.43 Å². The van der Waals surface area contributed by atoms with E-state index in [2.05, 4.69) is 5.43 Å². The number of hydrogen-bond acceptors (Lipinski definition) is 4. The lowest BCUT2D eigenvalue weighted by molar-refractivity contribution is 0.0962. The van der Waals surface area contributed by atoms with E-state index in [4.69, 9.17) is 11.6 Å². The van der Waals surface area contributed by atoms with E-state index in [1.165, 1.54) is 10.7 Å². The number of Topliss-reactive ketones (excluding diaryl/α,β-unsaturated/α-hetero) is 1. The Labute approximate surface area is 166 Å². The summed E-state index contributed by atoms with van der Waals surface area (Å²) in [5.41, 5.74) is 5.24. The van der Waals surface area contributed by atoms with Gasteiger partial charge in [-0.15, -0.1) is 0 Å². The number of ketones is 1. The van der Waals surface area contributed by atoms with Crippen LogP contribution in [0.2, 0.25) is 5.02 Å². The van der Waals surface area contributed by atoms with Crippen molar-refractivity contribution in [1.82, 2.24) is 4.68 Å². The molecule has 0 fully saturated rings. The number of rotatable bonds is 3. The third-order valence-corrected chi connectivity index (χ3v) is 5.20. The van der Waals surface area contributed by atoms with E-state index in [-0.39, 0.29) is 17.3 Å². The maximum atomic E-state index is 12.8. The van der Waals surface area contributed by atoms with Crippen LogP contribution in [0.5, 0.6) is 0 Å². The van der Waals surface area contributed by atoms with Gasteiger partial charge in [0.25, 0.3) is 5.56 Å². The summed E-state index contributed by atoms with van der Waals surface area (Å²) in [6.45, 7) is 0. The van der Waals surface area contributed by atoms with Gasteiger partial charge in [-0.3, -0.25) is 15.0 Å². The Bertz CT molecular complexity index is 1150. The number of nitriles is 1. The van der Waals surface area contributed by atoms with Gasteiger partial charge >= 0.3 is 0 Å². The van der Waals surface area contributed by atoms with Crippen LogP contribution in [0.3, 0.4) is 0 Å². The molecule has 28 heavy (non-hydrogen) atoms. The number of pyridine rings is 1. The van der Waals surface area contributed by atoms with Crippen LogP contribution < -0.4 is 11.0 Å². The Morgan fingerprint density at radius 2 is 1.75 bits per heavy atom. The van der Waals surface area contributed by atoms with Gasteiger partial charge in [-0.2, -0.15) is 5.26 Å². The third-order valence-electron chi connectivity index (χ3n) is 4.95. The molecular weight excluding hydrogens is 374 g/mol. The van der Waals surface area contributed by atoms with Crippen molar-refractivity contribution < 1.29 is 4.79 Å². The minimum Gasteiger partial charge on any atom is -0.294 e. The van der Waals surface area contributed by atoms with Crippen molar-refractivity contribution in [3.63, 3.8) is 0 Å². The minimum absolute atomic E-state index is 0.0551. The van der Waals surface area contributed by atoms with Gasteiger partial charge in [0.2, 0.25) is 0 Å². The summed E-state index contributed by atoms with van der Waals surface area (Å²) in [6.07, 6.45) is 0.826. The van der Waals surface area contributed by atoms with Crippen molar-refractivity contribution in [2.45, 2.75) is 18.8 Å². The Kier molecular flexibility index (Phi) is 4.72. The van der Waals surface area contributed by atoms with Gasteiger partial charge in [0.15, 0.2) is 5.78 Å². The highest BCUT2D eigenvalue weighted by Crippen LogP contribution is 2.33. The molecule has 6 heteroatoms. The van der Waals surface area contributed by atoms with E-state index >= 15 is 0 Å². The first kappa shape index (κ1) is 18.0. The van der Waals surface area contributed by atoms with E-state index in [1.54, 1.807) is 12.1 Å². The Morgan fingerprint density at radius 3 is 2.43 bits per heavy atom. The molecule has 1 heterocycles. The SMILES string of the molecule is N#Cc1cc2c(n(Nc3ccccc3)c1=O)CC(c1ccc(Cl)cc1)CC2=O. The van der Waals surface area contributed by atoms with E-state index in [0.29, 0.717) is 34.8 Å². The van der Waals surface area contributed by atoms with Crippen LogP contribution in [-0.4, -0.2) is 10.5 Å². The van der Waals surface area contributed by atoms with Crippen molar-refractivity contribution in [1.29, 1.82) is 5.26 Å². The summed E-state index contributed by atoms with van der Waals surface area (Å²) < 4.78 is 1.34. The number of anilines is 1. The summed E-state index contributed by atoms with van der Waals surface area (Å²) in [4.78, 5) is 25.7. The van der Waals surface area contributed by atoms with Crippen LogP contribution in [0, 0.1) is 11.3 Å². The number of nitrogens with one attached hydrogen (secondary N) is 1. The molecule has 1 aliphatic carbocycles. The number of hydrogen-bond donors (Lipinski definition) is 1. The lowest BCUT2D eigenvalue weighted by atomic mass is 9.81. The lowest BCUT2D eigenvalue weighted by Gasteiger charge is -2.27. The molecular formula is C22H16ClN3O2. The van der Waals surface area contributed by atoms with E-state index < -0.39 is 5.56 Å². The molecule has 3 aromatic rings. The van der Waals surface area contributed by atoms with E-state index in [9.17, 15) is 14.9 Å². The molecule has 0 amide bonds. The van der Waals surface area contributed by atoms with E-state index in [1.807, 2.05) is 48.5 Å². The quantitative estimate of drug-likeness (QED) is 0.729. The van der Waals surface area contributed by atoms with Crippen LogP contribution in [0.4, 0.5) is 5.69 Å². The maximum Gasteiger partial charge on any atom is 0.287 e. The number of fused-ring (bicyclic) bond motifs is 1. The fraction of sp³-hybridized carbons (Fsp3) is 0.136. The standard InChI is InChI=1S/C22H16ClN3O2/c23-17-8-6-14(7-9-17)15-11-20-19(21(27)12-15)10-16(13-24)22(28)26(20)25-18-4-2-1-3-5-18/h1-10,15,25H,11-12H2. The summed E-state index contributed by atoms with van der Waals surface area (Å²) in [5.74, 6) is -0.144. The fourth-order valence-corrected chi connectivity index (χ4v) is 3.67. The summed E-state index contributed by atoms with van der Waals surface area (Å²) in [7, 11) is 0. The van der Waals surface area contributed by atoms with Crippen LogP contribution in [0.15, 0.2) is 65.5 Å². The second-order valence-electron chi connectivity index (χ2n) is 6.73. The number of carbonyl (C=O) groups is 1. The zero-order valence-electron chi connectivity index (χ0n) is 14.9. The molecule has 4 rings (SSSR count). The highest BCUT2D eigenvalue weighted by molar-refractivity contribution is 6.30. The van der Waals surface area contributed by atoms with Gasteiger partial charge in [0, 0.05) is 17.0 Å². The Balaban J connectivity index is 1.82. The minimum atomic E-state index is -0.463. The van der Waals surface area contributed by atoms with Gasteiger partial charge in [-0.05, 0) is 48.2 Å². The second kappa shape index (κ2) is 7.34. The molecule has 2 aromatic carbocycles. The topological polar surface area (TPSA) is 74.9 Å². The molecule has 5 nitrogen and oxygen atoms in total. The number of carbonyl (C=O) groups excluding carboxylic acids is 1. The van der Waals surface area contributed by atoms with Crippen molar-refractivity contribution in [2.24, 2.45) is 0 Å². The van der Waals surface area contributed by atoms with Crippen LogP contribution >= 0.6 is 11.6 Å². The smallest absolute Gasteiger partial charge is 0.287 e. The largest absolute Gasteiger partial charge is 0.294 e. The molecule has 138 valence electrons. The highest BCUT2D eigenvalue weighted by Gasteiger charge is 2.30. The molecule has 0 saturated carbocycles. The van der Waals surface area contributed by atoms with Gasteiger partial charge in [0.05, 0.1) is 11.4 Å². The fourth-order valence-electron chi connectivity index (χ4n) is 3.55. The average molecular weight is 390 g/mol. The first-order chi connectivity index (χ1) is 13.6. The number of nitrogens with zero attached hydrogens (tertiary/aromatic N) is 2. The first-order valence-electron chi connectivity index (χ1n) is 8.86. The molecule has 0 bridgehead atoms. The van der Waals surface area contributed by atoms with Gasteiger partial charge in [-0.1, -0.05) is 41.9 Å². The van der Waals surface area contributed by atoms with Crippen molar-refractivity contribution in [3.8, 4) is 6.07 Å². The molecule has 1 aromatic heterocycles. The monoisotopic (exact) mass is 389 g/mol. The summed E-state index contributed by atoms with van der Waals surface area (Å²) in [6, 6.07) is 19.9. The van der Waals surface area contributed by atoms with Crippen molar-refractivity contribution in [3.05, 3.63) is 98.4 Å². The zero-order chi connectivity index (χ0) is 19.7. The Hall–Kier alpha value is -3.36. The maximum absolute atomic E-state index is 12.8. The number of para-hydroxylation sites is 1. The zero-order valence-corrected chi connectivity index (χ0v) is 15.6. The second-order valence-corrected chi connectivity index (χ2v) is 7.16. The molecule has 0 radical (unpaired) electrons. The van der Waals surface area contributed by atoms with Crippen LogP contribution in [-0.2, 0) is 6.42 Å². The average Bonchev–Trinajstić information content (AvgIpc) is 2.71. The highest BCUT2D eigenvalue weighted by atomic mass is 35.5. The first-order valence-corrected chi connectivity index (χ1v) is 9.24. The number of aromatic nitrogens is 1. The third kappa shape index (κ3) is 3.30. The Morgan fingerprint density at radius 1 is 1.04 bits per heavy atom. The van der Waals surface area contributed by atoms with Gasteiger partial charge in [0.1, 0.15) is 11.6 Å². The van der Waals surface area contributed by atoms with Crippen LogP contribution in [0.1, 0.15) is 39.5 Å². The summed E-state index contributed by atoms with van der Waals surface area (Å²) in [5, 5.41) is 9.97. The predicted molar refractivity (Wildman–Crippen MR) is 108 cm³/mol.